The van der Waals surface area contributed by atoms with Gasteiger partial charge in [0, 0.05) is 39.0 Å². The molecule has 1 aliphatic heterocycles. The lowest BCUT2D eigenvalue weighted by atomic mass is 10.1. The van der Waals surface area contributed by atoms with Crippen LogP contribution >= 0.6 is 22.7 Å². The smallest absolute Gasteiger partial charge is 0.230 e. The average molecular weight is 567 g/mol. The predicted octanol–water partition coefficient (Wildman–Crippen LogP) is 4.61. The molecule has 2 N–H and O–H groups in total. The Bertz CT molecular complexity index is 1270. The van der Waals surface area contributed by atoms with Gasteiger partial charge in [0.05, 0.1) is 6.42 Å². The zero-order chi connectivity index (χ0) is 28.0. The Morgan fingerprint density at radius 1 is 0.923 bits per heavy atom. The Hall–Kier alpha value is -3.82. The Balaban J connectivity index is 0.00000205. The predicted molar refractivity (Wildman–Crippen MR) is 159 cm³/mol. The molecule has 1 aliphatic rings. The van der Waals surface area contributed by atoms with Gasteiger partial charge in [-0.05, 0) is 12.0 Å². The lowest BCUT2D eigenvalue weighted by molar-refractivity contribution is -0.116. The van der Waals surface area contributed by atoms with Gasteiger partial charge in [0.1, 0.15) is 0 Å². The van der Waals surface area contributed by atoms with Gasteiger partial charge in [0.15, 0.2) is 0 Å². The molecule has 4 rings (SSSR count). The molecule has 0 saturated carbocycles. The Kier molecular flexibility index (Phi) is 11.9. The van der Waals surface area contributed by atoms with Gasteiger partial charge in [-0.15, -0.1) is 32.7 Å². The van der Waals surface area contributed by atoms with Crippen molar-refractivity contribution in [3.63, 3.8) is 0 Å². The first kappa shape index (κ1) is 29.7. The maximum absolute atomic E-state index is 12.4. The van der Waals surface area contributed by atoms with Crippen molar-refractivity contribution in [3.05, 3.63) is 47.5 Å². The summed E-state index contributed by atoms with van der Waals surface area (Å²) in [5, 5.41) is 24.9. The number of amides is 2. The molecule has 2 amide bonds. The van der Waals surface area contributed by atoms with Gasteiger partial charge < -0.3 is 20.4 Å². The maximum atomic E-state index is 12.4. The van der Waals surface area contributed by atoms with Crippen molar-refractivity contribution in [2.75, 3.05) is 46.6 Å². The number of carbonyl (C=O) groups excluding carboxylic acids is 2. The van der Waals surface area contributed by atoms with Gasteiger partial charge in [-0.1, -0.05) is 85.4 Å². The number of nitrogens with zero attached hydrogens (tertiary/aromatic N) is 6. The van der Waals surface area contributed by atoms with Gasteiger partial charge in [-0.2, -0.15) is 0 Å². The number of hydrogen-bond acceptors (Lipinski definition) is 10. The zero-order valence-electron chi connectivity index (χ0n) is 22.5. The number of hydrogen-bond donors (Lipinski definition) is 2. The summed E-state index contributed by atoms with van der Waals surface area (Å²) < 4.78 is 0. The van der Waals surface area contributed by atoms with Gasteiger partial charge >= 0.3 is 0 Å². The number of rotatable bonds is 10. The number of piperazine rings is 1. The maximum Gasteiger partial charge on any atom is 0.230 e. The molecule has 0 atom stereocenters. The van der Waals surface area contributed by atoms with E-state index in [2.05, 4.69) is 46.7 Å². The van der Waals surface area contributed by atoms with Crippen molar-refractivity contribution >= 4 is 55.0 Å². The molecule has 0 bridgehead atoms. The number of carbonyl (C=O) groups is 2. The van der Waals surface area contributed by atoms with Crippen molar-refractivity contribution in [3.8, 4) is 12.3 Å². The van der Waals surface area contributed by atoms with Crippen LogP contribution in [0.3, 0.4) is 0 Å². The van der Waals surface area contributed by atoms with Gasteiger partial charge in [-0.3, -0.25) is 9.59 Å². The molecule has 2 aromatic heterocycles. The van der Waals surface area contributed by atoms with Crippen LogP contribution in [-0.4, -0.2) is 58.4 Å². The van der Waals surface area contributed by atoms with Crippen LogP contribution in [0.15, 0.2) is 42.0 Å². The second kappa shape index (κ2) is 15.6. The summed E-state index contributed by atoms with van der Waals surface area (Å²) in [5.74, 6) is 2.33. The first-order valence-corrected chi connectivity index (χ1v) is 14.6. The minimum atomic E-state index is -0.148. The van der Waals surface area contributed by atoms with Gasteiger partial charge in [-0.25, -0.2) is 0 Å². The molecule has 0 unspecified atom stereocenters. The van der Waals surface area contributed by atoms with E-state index >= 15 is 0 Å². The number of anilines is 4. The Morgan fingerprint density at radius 2 is 1.46 bits per heavy atom. The minimum Gasteiger partial charge on any atom is -0.343 e. The zero-order valence-corrected chi connectivity index (χ0v) is 24.1. The lowest BCUT2D eigenvalue weighted by Crippen LogP contribution is -2.46. The first-order chi connectivity index (χ1) is 19.0. The molecule has 39 heavy (non-hydrogen) atoms. The quantitative estimate of drug-likeness (QED) is 0.270. The molecule has 0 aliphatic carbocycles. The van der Waals surface area contributed by atoms with E-state index in [-0.39, 0.29) is 18.2 Å². The monoisotopic (exact) mass is 566 g/mol. The van der Waals surface area contributed by atoms with Crippen LogP contribution < -0.4 is 20.4 Å². The van der Waals surface area contributed by atoms with E-state index in [0.717, 1.165) is 54.0 Å². The van der Waals surface area contributed by atoms with Crippen LogP contribution in [0.25, 0.3) is 0 Å². The van der Waals surface area contributed by atoms with E-state index in [4.69, 9.17) is 6.42 Å². The summed E-state index contributed by atoms with van der Waals surface area (Å²) in [6.07, 6.45) is 9.22. The fraction of sp³-hybridized carbons (Fsp3) is 0.407. The standard InChI is InChI=1S/C25H28N8O2S2.C2H6/c1-3-8-18(9-4-2)16-20(34)26-22-28-30-24(36-22)32-12-14-33(15-13-32)25-31-29-23(37-25)27-21(35)17-19-10-6-5-7-11-19;1-2/h1,5-7,9-11H,4,8,12-17H2,2H3,(H,26,28,34)(H,27,29,35);1-2H3/b18-9+;. The van der Waals surface area contributed by atoms with Gasteiger partial charge in [0.25, 0.3) is 0 Å². The summed E-state index contributed by atoms with van der Waals surface area (Å²) in [6.45, 7) is 8.92. The third-order valence-corrected chi connectivity index (χ3v) is 7.36. The molecular formula is C27H34N8O2S2. The molecule has 1 fully saturated rings. The number of nitrogens with one attached hydrogen (secondary N) is 2. The van der Waals surface area contributed by atoms with Crippen LogP contribution in [0.4, 0.5) is 20.5 Å². The summed E-state index contributed by atoms with van der Waals surface area (Å²) in [7, 11) is 0. The highest BCUT2D eigenvalue weighted by Crippen LogP contribution is 2.29. The average Bonchev–Trinajstić information content (AvgIpc) is 3.60. The van der Waals surface area contributed by atoms with E-state index in [1.165, 1.54) is 22.7 Å². The van der Waals surface area contributed by atoms with Crippen molar-refractivity contribution in [2.45, 2.75) is 46.5 Å². The summed E-state index contributed by atoms with van der Waals surface area (Å²) in [6, 6.07) is 9.58. The molecule has 3 heterocycles. The number of allylic oxidation sites excluding steroid dienone is 1. The largest absolute Gasteiger partial charge is 0.343 e. The summed E-state index contributed by atoms with van der Waals surface area (Å²) >= 11 is 2.71. The van der Waals surface area contributed by atoms with E-state index in [1.807, 2.05) is 57.2 Å². The third kappa shape index (κ3) is 9.15. The minimum absolute atomic E-state index is 0.119. The highest BCUT2D eigenvalue weighted by molar-refractivity contribution is 7.19. The normalized spacial score (nSPS) is 13.2. The van der Waals surface area contributed by atoms with Crippen molar-refractivity contribution in [2.24, 2.45) is 0 Å². The molecule has 3 aromatic rings. The van der Waals surface area contributed by atoms with Crippen LogP contribution in [0, 0.1) is 12.3 Å². The number of terminal acetylenes is 1. The number of aromatic nitrogens is 4. The SMILES string of the molecule is C#CC/C(=C\CC)CC(=O)Nc1nnc(N2CCN(c3nnc(NC(=O)Cc4ccccc4)s3)CC2)s1.CC. The van der Waals surface area contributed by atoms with Crippen molar-refractivity contribution < 1.29 is 9.59 Å². The summed E-state index contributed by atoms with van der Waals surface area (Å²) in [5.41, 5.74) is 1.88. The fourth-order valence-electron chi connectivity index (χ4n) is 3.82. The molecule has 12 heteroatoms. The highest BCUT2D eigenvalue weighted by atomic mass is 32.1. The molecule has 1 aromatic carbocycles. The van der Waals surface area contributed by atoms with E-state index in [1.54, 1.807) is 0 Å². The van der Waals surface area contributed by atoms with Crippen molar-refractivity contribution in [1.29, 1.82) is 0 Å². The molecule has 10 nitrogen and oxygen atoms in total. The molecule has 206 valence electrons. The van der Waals surface area contributed by atoms with E-state index in [9.17, 15) is 9.59 Å². The van der Waals surface area contributed by atoms with Crippen molar-refractivity contribution in [1.82, 2.24) is 20.4 Å². The van der Waals surface area contributed by atoms with Crippen LogP contribution in [0.5, 0.6) is 0 Å². The number of benzene rings is 1. The molecule has 1 saturated heterocycles. The molecular weight excluding hydrogens is 532 g/mol. The van der Waals surface area contributed by atoms with Gasteiger partial charge in [0.2, 0.25) is 32.3 Å². The van der Waals surface area contributed by atoms with E-state index in [0.29, 0.717) is 23.1 Å². The topological polar surface area (TPSA) is 116 Å². The molecule has 0 radical (unpaired) electrons. The molecule has 0 spiro atoms. The van der Waals surface area contributed by atoms with Crippen LogP contribution in [0.2, 0.25) is 0 Å². The second-order valence-corrected chi connectivity index (χ2v) is 10.3. The lowest BCUT2D eigenvalue weighted by Gasteiger charge is -2.33. The van der Waals surface area contributed by atoms with E-state index < -0.39 is 0 Å². The fourth-order valence-corrected chi connectivity index (χ4v) is 5.44. The summed E-state index contributed by atoms with van der Waals surface area (Å²) in [4.78, 5) is 29.0. The Labute approximate surface area is 237 Å². The van der Waals surface area contributed by atoms with Crippen LogP contribution in [-0.2, 0) is 16.0 Å². The van der Waals surface area contributed by atoms with Crippen LogP contribution in [0.1, 0.15) is 45.6 Å². The highest BCUT2D eigenvalue weighted by Gasteiger charge is 2.23. The Morgan fingerprint density at radius 3 is 1.97 bits per heavy atom. The first-order valence-electron chi connectivity index (χ1n) is 13.0. The third-order valence-electron chi connectivity index (χ3n) is 5.56. The second-order valence-electron chi connectivity index (χ2n) is 8.34.